The van der Waals surface area contributed by atoms with E-state index in [0.717, 1.165) is 24.4 Å². The maximum atomic E-state index is 12.1. The van der Waals surface area contributed by atoms with Crippen LogP contribution in [-0.2, 0) is 0 Å². The van der Waals surface area contributed by atoms with Crippen LogP contribution in [0.5, 0.6) is 0 Å². The molecule has 2 unspecified atom stereocenters. The van der Waals surface area contributed by atoms with E-state index in [4.69, 9.17) is 0 Å². The molecule has 1 aliphatic carbocycles. The highest BCUT2D eigenvalue weighted by Gasteiger charge is 2.23. The van der Waals surface area contributed by atoms with Gasteiger partial charge in [0.25, 0.3) is 5.91 Å². The second-order valence-electron chi connectivity index (χ2n) is 5.18. The molecule has 3 rings (SSSR count). The first-order valence-corrected chi connectivity index (χ1v) is 6.47. The lowest BCUT2D eigenvalue weighted by molar-refractivity contribution is 0.0933. The zero-order valence-corrected chi connectivity index (χ0v) is 10.5. The number of aromatic nitrogens is 2. The lowest BCUT2D eigenvalue weighted by Gasteiger charge is -2.10. The van der Waals surface area contributed by atoms with E-state index in [1.54, 1.807) is 6.20 Å². The normalized spacial score (nSPS) is 23.4. The molecular formula is C14H17N3O. The van der Waals surface area contributed by atoms with Gasteiger partial charge in [0.2, 0.25) is 0 Å². The third kappa shape index (κ3) is 2.10. The minimum Gasteiger partial charge on any atom is -0.348 e. The van der Waals surface area contributed by atoms with Crippen LogP contribution in [0.25, 0.3) is 5.65 Å². The first kappa shape index (κ1) is 11.3. The number of fused-ring (bicyclic) bond motifs is 1. The highest BCUT2D eigenvalue weighted by atomic mass is 16.2. The van der Waals surface area contributed by atoms with Crippen LogP contribution >= 0.6 is 0 Å². The van der Waals surface area contributed by atoms with Crippen molar-refractivity contribution in [3.05, 3.63) is 36.3 Å². The van der Waals surface area contributed by atoms with Gasteiger partial charge in [0.15, 0.2) is 0 Å². The number of carbonyl (C=O) groups is 1. The summed E-state index contributed by atoms with van der Waals surface area (Å²) in [6, 6.07) is 6.06. The van der Waals surface area contributed by atoms with Crippen LogP contribution in [-0.4, -0.2) is 21.3 Å². The molecule has 4 heteroatoms. The Morgan fingerprint density at radius 3 is 3.06 bits per heavy atom. The van der Waals surface area contributed by atoms with E-state index in [9.17, 15) is 4.79 Å². The standard InChI is InChI=1S/C14H17N3O/c1-10-5-6-11(8-10)15-14(18)12-9-17-7-3-2-4-13(17)16-12/h2-4,7,9-11H,5-6,8H2,1H3,(H,15,18). The number of carbonyl (C=O) groups excluding carboxylic acids is 1. The predicted octanol–water partition coefficient (Wildman–Crippen LogP) is 2.25. The topological polar surface area (TPSA) is 46.4 Å². The summed E-state index contributed by atoms with van der Waals surface area (Å²) in [4.78, 5) is 16.4. The largest absolute Gasteiger partial charge is 0.348 e. The van der Waals surface area contributed by atoms with Gasteiger partial charge in [-0.1, -0.05) is 13.0 Å². The Hall–Kier alpha value is -1.84. The smallest absolute Gasteiger partial charge is 0.271 e. The summed E-state index contributed by atoms with van der Waals surface area (Å²) < 4.78 is 1.87. The quantitative estimate of drug-likeness (QED) is 0.879. The molecule has 4 nitrogen and oxygen atoms in total. The van der Waals surface area contributed by atoms with Crippen molar-refractivity contribution in [2.75, 3.05) is 0 Å². The molecule has 0 saturated heterocycles. The number of hydrogen-bond acceptors (Lipinski definition) is 2. The first-order valence-electron chi connectivity index (χ1n) is 6.47. The minimum atomic E-state index is -0.0576. The summed E-state index contributed by atoms with van der Waals surface area (Å²) in [7, 11) is 0. The van der Waals surface area contributed by atoms with Crippen LogP contribution in [0, 0.1) is 5.92 Å². The summed E-state index contributed by atoms with van der Waals surface area (Å²) in [6.07, 6.45) is 7.05. The summed E-state index contributed by atoms with van der Waals surface area (Å²) in [5.41, 5.74) is 1.31. The highest BCUT2D eigenvalue weighted by molar-refractivity contribution is 5.93. The van der Waals surface area contributed by atoms with Crippen molar-refractivity contribution < 1.29 is 4.79 Å². The molecule has 0 aliphatic heterocycles. The molecule has 1 N–H and O–H groups in total. The van der Waals surface area contributed by atoms with Gasteiger partial charge < -0.3 is 9.72 Å². The molecule has 1 fully saturated rings. The molecule has 18 heavy (non-hydrogen) atoms. The van der Waals surface area contributed by atoms with Gasteiger partial charge in [0.1, 0.15) is 11.3 Å². The molecule has 1 aliphatic rings. The molecular weight excluding hydrogens is 226 g/mol. The molecule has 0 aromatic carbocycles. The van der Waals surface area contributed by atoms with Crippen LogP contribution in [0.15, 0.2) is 30.6 Å². The van der Waals surface area contributed by atoms with Crippen LogP contribution in [0.1, 0.15) is 36.7 Å². The van der Waals surface area contributed by atoms with Crippen molar-refractivity contribution in [3.8, 4) is 0 Å². The van der Waals surface area contributed by atoms with E-state index in [1.807, 2.05) is 28.8 Å². The van der Waals surface area contributed by atoms with E-state index >= 15 is 0 Å². The number of imidazole rings is 1. The average Bonchev–Trinajstić information content (AvgIpc) is 2.95. The molecule has 0 radical (unpaired) electrons. The van der Waals surface area contributed by atoms with Gasteiger partial charge in [-0.15, -0.1) is 0 Å². The van der Waals surface area contributed by atoms with E-state index in [-0.39, 0.29) is 5.91 Å². The van der Waals surface area contributed by atoms with Gasteiger partial charge in [0, 0.05) is 18.4 Å². The molecule has 2 atom stereocenters. The van der Waals surface area contributed by atoms with E-state index in [0.29, 0.717) is 11.7 Å². The van der Waals surface area contributed by atoms with E-state index in [1.165, 1.54) is 6.42 Å². The Bertz CT molecular complexity index is 542. The summed E-state index contributed by atoms with van der Waals surface area (Å²) in [6.45, 7) is 2.23. The molecule has 1 amide bonds. The Morgan fingerprint density at radius 2 is 2.33 bits per heavy atom. The molecule has 2 aromatic rings. The van der Waals surface area contributed by atoms with E-state index < -0.39 is 0 Å². The lowest BCUT2D eigenvalue weighted by Crippen LogP contribution is -2.33. The first-order chi connectivity index (χ1) is 8.72. The van der Waals surface area contributed by atoms with Gasteiger partial charge in [-0.05, 0) is 37.3 Å². The highest BCUT2D eigenvalue weighted by Crippen LogP contribution is 2.24. The lowest BCUT2D eigenvalue weighted by atomic mass is 10.1. The maximum Gasteiger partial charge on any atom is 0.271 e. The molecule has 1 saturated carbocycles. The third-order valence-electron chi connectivity index (χ3n) is 3.63. The van der Waals surface area contributed by atoms with Crippen molar-refractivity contribution >= 4 is 11.6 Å². The number of amides is 1. The molecule has 0 bridgehead atoms. The second kappa shape index (κ2) is 4.44. The molecule has 2 aromatic heterocycles. The van der Waals surface area contributed by atoms with Crippen molar-refractivity contribution in [3.63, 3.8) is 0 Å². The van der Waals surface area contributed by atoms with Gasteiger partial charge in [-0.2, -0.15) is 0 Å². The number of hydrogen-bond donors (Lipinski definition) is 1. The van der Waals surface area contributed by atoms with E-state index in [2.05, 4.69) is 17.2 Å². The number of pyridine rings is 1. The van der Waals surface area contributed by atoms with Crippen molar-refractivity contribution in [2.24, 2.45) is 5.92 Å². The van der Waals surface area contributed by atoms with Crippen LogP contribution in [0.2, 0.25) is 0 Å². The number of nitrogens with zero attached hydrogens (tertiary/aromatic N) is 2. The van der Waals surface area contributed by atoms with Crippen LogP contribution < -0.4 is 5.32 Å². The summed E-state index contributed by atoms with van der Waals surface area (Å²) >= 11 is 0. The molecule has 0 spiro atoms. The van der Waals surface area contributed by atoms with Gasteiger partial charge >= 0.3 is 0 Å². The fraction of sp³-hybridized carbons (Fsp3) is 0.429. The summed E-state index contributed by atoms with van der Waals surface area (Å²) in [5, 5.41) is 3.07. The average molecular weight is 243 g/mol. The molecule has 94 valence electrons. The van der Waals surface area contributed by atoms with Crippen molar-refractivity contribution in [1.29, 1.82) is 0 Å². The van der Waals surface area contributed by atoms with Gasteiger partial charge in [-0.25, -0.2) is 4.98 Å². The predicted molar refractivity (Wildman–Crippen MR) is 69.5 cm³/mol. The maximum absolute atomic E-state index is 12.1. The Kier molecular flexibility index (Phi) is 2.78. The SMILES string of the molecule is CC1CCC(NC(=O)c2cn3ccccc3n2)C1. The fourth-order valence-corrected chi connectivity index (χ4v) is 2.64. The summed E-state index contributed by atoms with van der Waals surface area (Å²) in [5.74, 6) is 0.661. The fourth-order valence-electron chi connectivity index (χ4n) is 2.64. The van der Waals surface area contributed by atoms with Crippen molar-refractivity contribution in [1.82, 2.24) is 14.7 Å². The Labute approximate surface area is 106 Å². The van der Waals surface area contributed by atoms with Crippen LogP contribution in [0.3, 0.4) is 0 Å². The zero-order valence-electron chi connectivity index (χ0n) is 10.5. The Balaban J connectivity index is 1.75. The zero-order chi connectivity index (χ0) is 12.5. The number of rotatable bonds is 2. The van der Waals surface area contributed by atoms with Gasteiger partial charge in [-0.3, -0.25) is 4.79 Å². The minimum absolute atomic E-state index is 0.0576. The molecule has 2 heterocycles. The monoisotopic (exact) mass is 243 g/mol. The van der Waals surface area contributed by atoms with Crippen LogP contribution in [0.4, 0.5) is 0 Å². The third-order valence-corrected chi connectivity index (χ3v) is 3.63. The second-order valence-corrected chi connectivity index (χ2v) is 5.18. The van der Waals surface area contributed by atoms with Gasteiger partial charge in [0.05, 0.1) is 0 Å². The Morgan fingerprint density at radius 1 is 1.44 bits per heavy atom. The van der Waals surface area contributed by atoms with Crippen molar-refractivity contribution in [2.45, 2.75) is 32.2 Å². The number of nitrogens with one attached hydrogen (secondary N) is 1.